The Kier molecular flexibility index (Phi) is 4.68. The van der Waals surface area contributed by atoms with Gasteiger partial charge in [0.15, 0.2) is 0 Å². The Morgan fingerprint density at radius 3 is 2.42 bits per heavy atom. The lowest BCUT2D eigenvalue weighted by Gasteiger charge is -2.15. The van der Waals surface area contributed by atoms with Gasteiger partial charge in [0, 0.05) is 5.92 Å². The smallest absolute Gasteiger partial charge is 0.112 e. The van der Waals surface area contributed by atoms with E-state index >= 15 is 0 Å². The molecule has 0 aliphatic rings. The number of hydrogen-bond donors (Lipinski definition) is 1. The van der Waals surface area contributed by atoms with E-state index in [0.29, 0.717) is 18.2 Å². The van der Waals surface area contributed by atoms with Gasteiger partial charge in [-0.05, 0) is 18.4 Å². The Labute approximate surface area is 114 Å². The lowest BCUT2D eigenvalue weighted by Crippen LogP contribution is -2.11. The highest BCUT2D eigenvalue weighted by atomic mass is 16.3. The molecule has 102 valence electrons. The zero-order valence-corrected chi connectivity index (χ0v) is 11.6. The highest BCUT2D eigenvalue weighted by molar-refractivity contribution is 5.19. The lowest BCUT2D eigenvalue weighted by atomic mass is 9.97. The maximum atomic E-state index is 9.42. The van der Waals surface area contributed by atoms with Crippen LogP contribution in [0.3, 0.4) is 0 Å². The van der Waals surface area contributed by atoms with Gasteiger partial charge in [0.1, 0.15) is 5.69 Å². The van der Waals surface area contributed by atoms with Crippen LogP contribution in [-0.2, 0) is 13.2 Å². The van der Waals surface area contributed by atoms with Crippen LogP contribution >= 0.6 is 0 Å². The zero-order chi connectivity index (χ0) is 13.7. The van der Waals surface area contributed by atoms with Gasteiger partial charge in [-0.3, -0.25) is 0 Å². The van der Waals surface area contributed by atoms with E-state index in [4.69, 9.17) is 0 Å². The van der Waals surface area contributed by atoms with Crippen molar-refractivity contribution in [3.8, 4) is 0 Å². The van der Waals surface area contributed by atoms with Gasteiger partial charge in [0.05, 0.1) is 18.8 Å². The fraction of sp³-hybridized carbons (Fsp3) is 0.467. The average molecular weight is 259 g/mol. The summed E-state index contributed by atoms with van der Waals surface area (Å²) in [5.74, 6) is 0.404. The first-order chi connectivity index (χ1) is 9.30. The quantitative estimate of drug-likeness (QED) is 0.867. The maximum absolute atomic E-state index is 9.42. The summed E-state index contributed by atoms with van der Waals surface area (Å²) >= 11 is 0. The summed E-state index contributed by atoms with van der Waals surface area (Å²) in [6.45, 7) is 4.99. The van der Waals surface area contributed by atoms with E-state index < -0.39 is 0 Å². The van der Waals surface area contributed by atoms with Gasteiger partial charge < -0.3 is 5.11 Å². The fourth-order valence-electron chi connectivity index (χ4n) is 2.46. The van der Waals surface area contributed by atoms with Crippen molar-refractivity contribution in [2.24, 2.45) is 0 Å². The molecule has 1 aromatic carbocycles. The lowest BCUT2D eigenvalue weighted by molar-refractivity contribution is 0.274. The number of aliphatic hydroxyl groups excluding tert-OH is 1. The minimum absolute atomic E-state index is 0.0410. The number of rotatable bonds is 6. The Morgan fingerprint density at radius 2 is 1.84 bits per heavy atom. The van der Waals surface area contributed by atoms with Crippen LogP contribution in [-0.4, -0.2) is 20.1 Å². The third-order valence-corrected chi connectivity index (χ3v) is 3.54. The first kappa shape index (κ1) is 13.7. The van der Waals surface area contributed by atoms with Crippen molar-refractivity contribution in [3.05, 3.63) is 47.3 Å². The van der Waals surface area contributed by atoms with Crippen molar-refractivity contribution in [1.29, 1.82) is 0 Å². The molecular weight excluding hydrogens is 238 g/mol. The highest BCUT2D eigenvalue weighted by Crippen LogP contribution is 2.25. The zero-order valence-electron chi connectivity index (χ0n) is 11.6. The molecule has 2 aromatic rings. The molecule has 0 aliphatic carbocycles. The monoisotopic (exact) mass is 259 g/mol. The van der Waals surface area contributed by atoms with Gasteiger partial charge in [-0.15, -0.1) is 5.10 Å². The van der Waals surface area contributed by atoms with Crippen LogP contribution in [0.1, 0.15) is 49.6 Å². The van der Waals surface area contributed by atoms with E-state index in [2.05, 4.69) is 36.3 Å². The molecule has 0 saturated heterocycles. The van der Waals surface area contributed by atoms with E-state index in [-0.39, 0.29) is 6.61 Å². The summed E-state index contributed by atoms with van der Waals surface area (Å²) in [4.78, 5) is 0. The number of hydrogen-bond acceptors (Lipinski definition) is 3. The molecule has 0 unspecified atom stereocenters. The molecule has 1 N–H and O–H groups in total. The highest BCUT2D eigenvalue weighted by Gasteiger charge is 2.19. The van der Waals surface area contributed by atoms with Crippen LogP contribution < -0.4 is 0 Å². The van der Waals surface area contributed by atoms with Crippen LogP contribution in [0, 0.1) is 0 Å². The second-order valence-electron chi connectivity index (χ2n) is 4.74. The van der Waals surface area contributed by atoms with E-state index in [1.165, 1.54) is 5.56 Å². The van der Waals surface area contributed by atoms with Crippen molar-refractivity contribution in [3.63, 3.8) is 0 Å². The first-order valence-corrected chi connectivity index (χ1v) is 6.87. The van der Waals surface area contributed by atoms with E-state index in [1.54, 1.807) is 0 Å². The summed E-state index contributed by atoms with van der Waals surface area (Å²) in [5, 5.41) is 17.7. The van der Waals surface area contributed by atoms with Crippen LogP contribution in [0.2, 0.25) is 0 Å². The number of aromatic nitrogens is 3. The van der Waals surface area contributed by atoms with Crippen LogP contribution in [0.4, 0.5) is 0 Å². The molecule has 0 amide bonds. The van der Waals surface area contributed by atoms with Crippen LogP contribution in [0.5, 0.6) is 0 Å². The summed E-state index contributed by atoms with van der Waals surface area (Å²) in [5.41, 5.74) is 2.99. The van der Waals surface area contributed by atoms with Gasteiger partial charge in [0.25, 0.3) is 0 Å². The molecule has 4 nitrogen and oxygen atoms in total. The van der Waals surface area contributed by atoms with Crippen molar-refractivity contribution >= 4 is 0 Å². The molecular formula is C15H21N3O. The summed E-state index contributed by atoms with van der Waals surface area (Å²) in [6.07, 6.45) is 2.07. The Morgan fingerprint density at radius 1 is 1.16 bits per heavy atom. The van der Waals surface area contributed by atoms with E-state index in [9.17, 15) is 5.11 Å². The second-order valence-corrected chi connectivity index (χ2v) is 4.74. The van der Waals surface area contributed by atoms with Crippen molar-refractivity contribution < 1.29 is 5.11 Å². The van der Waals surface area contributed by atoms with E-state index in [1.807, 2.05) is 22.9 Å². The van der Waals surface area contributed by atoms with Crippen LogP contribution in [0.25, 0.3) is 0 Å². The van der Waals surface area contributed by atoms with Crippen molar-refractivity contribution in [1.82, 2.24) is 15.0 Å². The van der Waals surface area contributed by atoms with Gasteiger partial charge in [-0.1, -0.05) is 49.4 Å². The standard InChI is InChI=1S/C15H21N3O/c1-3-13(4-2)15-14(11-19)16-17-18(15)10-12-8-6-5-7-9-12/h5-9,13,19H,3-4,10-11H2,1-2H3. The molecule has 0 fully saturated rings. The third-order valence-electron chi connectivity index (χ3n) is 3.54. The number of nitrogens with zero attached hydrogens (tertiary/aromatic N) is 3. The minimum Gasteiger partial charge on any atom is -0.390 e. The molecule has 0 radical (unpaired) electrons. The molecule has 0 aliphatic heterocycles. The predicted molar refractivity (Wildman–Crippen MR) is 74.8 cm³/mol. The maximum Gasteiger partial charge on any atom is 0.112 e. The van der Waals surface area contributed by atoms with Gasteiger partial charge in [0.2, 0.25) is 0 Å². The van der Waals surface area contributed by atoms with Gasteiger partial charge in [-0.25, -0.2) is 4.68 Å². The SMILES string of the molecule is CCC(CC)c1c(CO)nnn1Cc1ccccc1. The topological polar surface area (TPSA) is 50.9 Å². The van der Waals surface area contributed by atoms with Gasteiger partial charge in [-0.2, -0.15) is 0 Å². The molecule has 0 bridgehead atoms. The largest absolute Gasteiger partial charge is 0.390 e. The van der Waals surface area contributed by atoms with Crippen molar-refractivity contribution in [2.75, 3.05) is 0 Å². The summed E-state index contributed by atoms with van der Waals surface area (Å²) in [6, 6.07) is 10.2. The van der Waals surface area contributed by atoms with Crippen LogP contribution in [0.15, 0.2) is 30.3 Å². The number of benzene rings is 1. The Bertz CT molecular complexity index is 503. The Balaban J connectivity index is 2.32. The predicted octanol–water partition coefficient (Wildman–Crippen LogP) is 2.72. The van der Waals surface area contributed by atoms with Gasteiger partial charge >= 0.3 is 0 Å². The summed E-state index contributed by atoms with van der Waals surface area (Å²) < 4.78 is 1.93. The molecule has 0 saturated carbocycles. The third kappa shape index (κ3) is 3.01. The van der Waals surface area contributed by atoms with Crippen molar-refractivity contribution in [2.45, 2.75) is 45.8 Å². The number of aliphatic hydroxyl groups is 1. The minimum atomic E-state index is -0.0410. The second kappa shape index (κ2) is 6.48. The fourth-order valence-corrected chi connectivity index (χ4v) is 2.46. The molecule has 2 rings (SSSR count). The van der Waals surface area contributed by atoms with E-state index in [0.717, 1.165) is 18.5 Å². The molecule has 0 atom stereocenters. The average Bonchev–Trinajstić information content (AvgIpc) is 2.85. The molecule has 0 spiro atoms. The molecule has 19 heavy (non-hydrogen) atoms. The molecule has 1 aromatic heterocycles. The summed E-state index contributed by atoms with van der Waals surface area (Å²) in [7, 11) is 0. The molecule has 4 heteroatoms. The normalized spacial score (nSPS) is 11.2. The first-order valence-electron chi connectivity index (χ1n) is 6.87. The Hall–Kier alpha value is -1.68. The molecule has 1 heterocycles.